The van der Waals surface area contributed by atoms with Gasteiger partial charge in [0.15, 0.2) is 5.16 Å². The molecule has 0 bridgehead atoms. The van der Waals surface area contributed by atoms with Gasteiger partial charge in [-0.2, -0.15) is 0 Å². The van der Waals surface area contributed by atoms with Crippen LogP contribution in [0.5, 0.6) is 0 Å². The molecule has 1 heterocycles. The van der Waals surface area contributed by atoms with Crippen LogP contribution in [0.15, 0.2) is 84.0 Å². The summed E-state index contributed by atoms with van der Waals surface area (Å²) in [6.07, 6.45) is 0. The third kappa shape index (κ3) is 5.60. The Kier molecular flexibility index (Phi) is 6.94. The number of para-hydroxylation sites is 1. The van der Waals surface area contributed by atoms with Gasteiger partial charge in [0.2, 0.25) is 11.9 Å². The number of nitrogen functional groups attached to an aromatic ring is 1. The van der Waals surface area contributed by atoms with E-state index in [0.29, 0.717) is 21.6 Å². The SMILES string of the molecule is Nc1nnc(SCc2ccccc2Cl)n1CC(=O)Nc1ccc(Nc2ccccc2)cc1. The smallest absolute Gasteiger partial charge is 0.244 e. The Balaban J connectivity index is 1.36. The molecule has 0 aliphatic carbocycles. The van der Waals surface area contributed by atoms with E-state index in [1.807, 2.05) is 78.9 Å². The van der Waals surface area contributed by atoms with Crippen LogP contribution in [0.2, 0.25) is 5.02 Å². The second kappa shape index (κ2) is 10.2. The normalized spacial score (nSPS) is 10.7. The molecule has 0 fully saturated rings. The second-order valence-electron chi connectivity index (χ2n) is 6.92. The molecule has 0 saturated carbocycles. The number of nitrogens with one attached hydrogen (secondary N) is 2. The molecule has 4 N–H and O–H groups in total. The van der Waals surface area contributed by atoms with Crippen LogP contribution in [0, 0.1) is 0 Å². The van der Waals surface area contributed by atoms with E-state index in [0.717, 1.165) is 16.9 Å². The van der Waals surface area contributed by atoms with Gasteiger partial charge in [-0.05, 0) is 48.0 Å². The Morgan fingerprint density at radius 2 is 1.56 bits per heavy atom. The summed E-state index contributed by atoms with van der Waals surface area (Å²) in [5.41, 5.74) is 9.52. The van der Waals surface area contributed by atoms with Crippen molar-refractivity contribution >= 4 is 52.3 Å². The fourth-order valence-corrected chi connectivity index (χ4v) is 4.21. The summed E-state index contributed by atoms with van der Waals surface area (Å²) in [5.74, 6) is 0.555. The number of benzene rings is 3. The molecule has 4 rings (SSSR count). The van der Waals surface area contributed by atoms with Gasteiger partial charge in [-0.1, -0.05) is 59.8 Å². The third-order valence-electron chi connectivity index (χ3n) is 4.59. The molecule has 4 aromatic rings. The monoisotopic (exact) mass is 464 g/mol. The number of carbonyl (C=O) groups excluding carboxylic acids is 1. The summed E-state index contributed by atoms with van der Waals surface area (Å²) in [4.78, 5) is 12.6. The lowest BCUT2D eigenvalue weighted by Crippen LogP contribution is -2.20. The number of nitrogens with zero attached hydrogens (tertiary/aromatic N) is 3. The molecule has 0 spiro atoms. The minimum atomic E-state index is -0.222. The van der Waals surface area contributed by atoms with Gasteiger partial charge < -0.3 is 16.4 Å². The summed E-state index contributed by atoms with van der Waals surface area (Å²) in [6, 6.07) is 24.9. The Labute approximate surface area is 195 Å². The molecule has 0 saturated heterocycles. The van der Waals surface area contributed by atoms with E-state index in [2.05, 4.69) is 20.8 Å². The largest absolute Gasteiger partial charge is 0.368 e. The van der Waals surface area contributed by atoms with Gasteiger partial charge in [0.1, 0.15) is 6.54 Å². The van der Waals surface area contributed by atoms with Crippen LogP contribution in [0.25, 0.3) is 0 Å². The maximum atomic E-state index is 12.6. The highest BCUT2D eigenvalue weighted by Crippen LogP contribution is 2.26. The van der Waals surface area contributed by atoms with Gasteiger partial charge in [-0.3, -0.25) is 9.36 Å². The van der Waals surface area contributed by atoms with Crippen LogP contribution in [0.3, 0.4) is 0 Å². The fraction of sp³-hybridized carbons (Fsp3) is 0.0870. The summed E-state index contributed by atoms with van der Waals surface area (Å²) in [6.45, 7) is 0.00764. The van der Waals surface area contributed by atoms with Crippen molar-refractivity contribution in [1.82, 2.24) is 14.8 Å². The summed E-state index contributed by atoms with van der Waals surface area (Å²) >= 11 is 7.64. The summed E-state index contributed by atoms with van der Waals surface area (Å²) in [5, 5.41) is 15.4. The molecule has 0 radical (unpaired) electrons. The highest BCUT2D eigenvalue weighted by atomic mass is 35.5. The lowest BCUT2D eigenvalue weighted by Gasteiger charge is -2.11. The second-order valence-corrected chi connectivity index (χ2v) is 8.27. The van der Waals surface area contributed by atoms with Gasteiger partial charge >= 0.3 is 0 Å². The Bertz CT molecular complexity index is 1200. The number of nitrogens with two attached hydrogens (primary N) is 1. The van der Waals surface area contributed by atoms with Crippen molar-refractivity contribution in [1.29, 1.82) is 0 Å². The molecule has 32 heavy (non-hydrogen) atoms. The zero-order chi connectivity index (χ0) is 22.3. The minimum Gasteiger partial charge on any atom is -0.368 e. The summed E-state index contributed by atoms with van der Waals surface area (Å²) < 4.78 is 1.59. The standard InChI is InChI=1S/C23H21ClN6OS/c24-20-9-5-4-6-16(20)15-32-23-29-28-22(25)30(23)14-21(31)27-19-12-10-18(11-13-19)26-17-7-2-1-3-8-17/h1-13,26H,14-15H2,(H2,25,28)(H,27,31). The number of thioether (sulfide) groups is 1. The molecular weight excluding hydrogens is 444 g/mol. The first kappa shape index (κ1) is 21.7. The van der Waals surface area contributed by atoms with Crippen molar-refractivity contribution in [2.45, 2.75) is 17.5 Å². The van der Waals surface area contributed by atoms with Crippen molar-refractivity contribution in [3.63, 3.8) is 0 Å². The van der Waals surface area contributed by atoms with Gasteiger partial charge in [-0.15, -0.1) is 10.2 Å². The van der Waals surface area contributed by atoms with Crippen molar-refractivity contribution in [2.75, 3.05) is 16.4 Å². The predicted octanol–water partition coefficient (Wildman–Crippen LogP) is 5.19. The third-order valence-corrected chi connectivity index (χ3v) is 5.98. The number of carbonyl (C=O) groups is 1. The van der Waals surface area contributed by atoms with Gasteiger partial charge in [-0.25, -0.2) is 0 Å². The average molecular weight is 465 g/mol. The van der Waals surface area contributed by atoms with Crippen molar-refractivity contribution < 1.29 is 4.79 Å². The molecule has 162 valence electrons. The van der Waals surface area contributed by atoms with E-state index in [4.69, 9.17) is 17.3 Å². The van der Waals surface area contributed by atoms with Crippen LogP contribution >= 0.6 is 23.4 Å². The first-order valence-electron chi connectivity index (χ1n) is 9.85. The van der Waals surface area contributed by atoms with Crippen LogP contribution in [0.4, 0.5) is 23.0 Å². The molecule has 0 aliphatic heterocycles. The van der Waals surface area contributed by atoms with E-state index < -0.39 is 0 Å². The minimum absolute atomic E-state index is 0.00764. The fourth-order valence-electron chi connectivity index (χ4n) is 2.98. The summed E-state index contributed by atoms with van der Waals surface area (Å²) in [7, 11) is 0. The molecule has 0 atom stereocenters. The number of amides is 1. The highest BCUT2D eigenvalue weighted by Gasteiger charge is 2.14. The van der Waals surface area contributed by atoms with Crippen LogP contribution in [-0.2, 0) is 17.1 Å². The Morgan fingerprint density at radius 3 is 2.31 bits per heavy atom. The zero-order valence-electron chi connectivity index (χ0n) is 17.0. The zero-order valence-corrected chi connectivity index (χ0v) is 18.6. The number of hydrogen-bond acceptors (Lipinski definition) is 6. The number of anilines is 4. The van der Waals surface area contributed by atoms with E-state index in [-0.39, 0.29) is 18.4 Å². The molecule has 0 unspecified atom stereocenters. The number of hydrogen-bond donors (Lipinski definition) is 3. The van der Waals surface area contributed by atoms with Crippen LogP contribution in [0.1, 0.15) is 5.56 Å². The molecule has 3 aromatic carbocycles. The lowest BCUT2D eigenvalue weighted by molar-refractivity contribution is -0.116. The van der Waals surface area contributed by atoms with Crippen LogP contribution < -0.4 is 16.4 Å². The van der Waals surface area contributed by atoms with Crippen LogP contribution in [-0.4, -0.2) is 20.7 Å². The average Bonchev–Trinajstić information content (AvgIpc) is 3.14. The van der Waals surface area contributed by atoms with E-state index in [1.165, 1.54) is 11.8 Å². The van der Waals surface area contributed by atoms with Gasteiger partial charge in [0.05, 0.1) is 0 Å². The van der Waals surface area contributed by atoms with Crippen molar-refractivity contribution in [3.8, 4) is 0 Å². The maximum absolute atomic E-state index is 12.6. The van der Waals surface area contributed by atoms with Gasteiger partial charge in [0.25, 0.3) is 0 Å². The molecule has 9 heteroatoms. The molecule has 0 aliphatic rings. The first-order chi connectivity index (χ1) is 15.6. The lowest BCUT2D eigenvalue weighted by atomic mass is 10.2. The van der Waals surface area contributed by atoms with Crippen molar-refractivity contribution in [3.05, 3.63) is 89.4 Å². The quantitative estimate of drug-likeness (QED) is 0.310. The molecule has 1 aromatic heterocycles. The number of aromatic nitrogens is 3. The van der Waals surface area contributed by atoms with Crippen molar-refractivity contribution in [2.24, 2.45) is 0 Å². The maximum Gasteiger partial charge on any atom is 0.244 e. The number of halogens is 1. The van der Waals surface area contributed by atoms with E-state index in [9.17, 15) is 4.79 Å². The first-order valence-corrected chi connectivity index (χ1v) is 11.2. The molecule has 7 nitrogen and oxygen atoms in total. The van der Waals surface area contributed by atoms with E-state index >= 15 is 0 Å². The topological polar surface area (TPSA) is 97.9 Å². The highest BCUT2D eigenvalue weighted by molar-refractivity contribution is 7.98. The van der Waals surface area contributed by atoms with Gasteiger partial charge in [0, 0.05) is 27.8 Å². The molecule has 1 amide bonds. The Hall–Kier alpha value is -3.49. The predicted molar refractivity (Wildman–Crippen MR) is 130 cm³/mol. The Morgan fingerprint density at radius 1 is 0.906 bits per heavy atom. The van der Waals surface area contributed by atoms with E-state index in [1.54, 1.807) is 4.57 Å². The molecular formula is C23H21ClN6OS. The number of rotatable bonds is 8.